The number of benzene rings is 2. The molecule has 2 atom stereocenters. The van der Waals surface area contributed by atoms with Gasteiger partial charge in [-0.25, -0.2) is 0 Å². The first-order chi connectivity index (χ1) is 11.6. The molecule has 0 heterocycles. The second-order valence-electron chi connectivity index (χ2n) is 7.03. The lowest BCUT2D eigenvalue weighted by Crippen LogP contribution is -2.28. The molecule has 0 radical (unpaired) electrons. The molecule has 2 heteroatoms. The van der Waals surface area contributed by atoms with E-state index >= 15 is 0 Å². The van der Waals surface area contributed by atoms with Crippen LogP contribution in [0.25, 0.3) is 0 Å². The fraction of sp³-hybridized carbons (Fsp3) is 0.409. The van der Waals surface area contributed by atoms with Crippen LogP contribution in [-0.2, 0) is 9.53 Å². The zero-order valence-electron chi connectivity index (χ0n) is 14.8. The maximum absolute atomic E-state index is 12.3. The molecule has 126 valence electrons. The van der Waals surface area contributed by atoms with Crippen LogP contribution in [0.15, 0.2) is 48.5 Å². The second-order valence-corrected chi connectivity index (χ2v) is 7.03. The van der Waals surface area contributed by atoms with Gasteiger partial charge in [-0.05, 0) is 67.2 Å². The maximum atomic E-state index is 12.3. The van der Waals surface area contributed by atoms with Crippen LogP contribution in [-0.4, -0.2) is 13.1 Å². The molecule has 24 heavy (non-hydrogen) atoms. The van der Waals surface area contributed by atoms with Gasteiger partial charge < -0.3 is 4.74 Å². The van der Waals surface area contributed by atoms with Gasteiger partial charge in [0.15, 0.2) is 0 Å². The molecule has 2 aromatic rings. The Hall–Kier alpha value is -2.09. The predicted molar refractivity (Wildman–Crippen MR) is 97.2 cm³/mol. The topological polar surface area (TPSA) is 26.3 Å². The van der Waals surface area contributed by atoms with Gasteiger partial charge in [0.2, 0.25) is 0 Å². The van der Waals surface area contributed by atoms with Gasteiger partial charge in [-0.1, -0.05) is 48.5 Å². The number of esters is 1. The lowest BCUT2D eigenvalue weighted by atomic mass is 9.69. The summed E-state index contributed by atoms with van der Waals surface area (Å²) in [7, 11) is 1.50. The average molecular weight is 322 g/mol. The van der Waals surface area contributed by atoms with Gasteiger partial charge in [0.1, 0.15) is 0 Å². The summed E-state index contributed by atoms with van der Waals surface area (Å²) in [4.78, 5) is 12.3. The minimum Gasteiger partial charge on any atom is -0.469 e. The third-order valence-electron chi connectivity index (χ3n) is 5.50. The summed E-state index contributed by atoms with van der Waals surface area (Å²) in [6.07, 6.45) is 2.88. The van der Waals surface area contributed by atoms with Crippen molar-refractivity contribution in [3.8, 4) is 0 Å². The van der Waals surface area contributed by atoms with E-state index in [9.17, 15) is 4.79 Å². The molecular formula is C22H26O2. The highest BCUT2D eigenvalue weighted by Gasteiger charge is 2.35. The van der Waals surface area contributed by atoms with Crippen LogP contribution in [0.1, 0.15) is 53.4 Å². The highest BCUT2D eigenvalue weighted by atomic mass is 16.5. The Kier molecular flexibility index (Phi) is 5.03. The lowest BCUT2D eigenvalue weighted by molar-refractivity contribution is -0.147. The zero-order chi connectivity index (χ0) is 17.1. The van der Waals surface area contributed by atoms with Crippen molar-refractivity contribution in [2.75, 3.05) is 7.11 Å². The third-order valence-corrected chi connectivity index (χ3v) is 5.50. The standard InChI is InChI=1S/C22H26O2/c1-15-8-4-6-10-20(15)17-12-18(14-19(13-17)22(23)24-3)21-11-7-5-9-16(21)2/h4-11,17-19H,12-14H2,1-3H3. The Morgan fingerprint density at radius 3 is 1.71 bits per heavy atom. The summed E-state index contributed by atoms with van der Waals surface area (Å²) in [5.41, 5.74) is 5.39. The lowest BCUT2D eigenvalue weighted by Gasteiger charge is -2.35. The van der Waals surface area contributed by atoms with Crippen LogP contribution in [0.3, 0.4) is 0 Å². The number of rotatable bonds is 3. The minimum atomic E-state index is -0.0631. The molecule has 0 N–H and O–H groups in total. The van der Waals surface area contributed by atoms with E-state index in [0.717, 1.165) is 19.3 Å². The normalized spacial score (nSPS) is 23.7. The number of hydrogen-bond acceptors (Lipinski definition) is 2. The Morgan fingerprint density at radius 1 is 0.833 bits per heavy atom. The van der Waals surface area contributed by atoms with Crippen LogP contribution in [0.5, 0.6) is 0 Å². The van der Waals surface area contributed by atoms with Crippen molar-refractivity contribution in [1.29, 1.82) is 0 Å². The number of ether oxygens (including phenoxy) is 1. The van der Waals surface area contributed by atoms with Crippen molar-refractivity contribution in [2.45, 2.75) is 44.9 Å². The molecule has 1 aliphatic carbocycles. The van der Waals surface area contributed by atoms with Gasteiger partial charge in [0.25, 0.3) is 0 Å². The molecule has 3 rings (SSSR count). The van der Waals surface area contributed by atoms with Crippen LogP contribution >= 0.6 is 0 Å². The smallest absolute Gasteiger partial charge is 0.308 e. The highest BCUT2D eigenvalue weighted by molar-refractivity contribution is 5.72. The molecule has 0 aromatic heterocycles. The summed E-state index contributed by atoms with van der Waals surface area (Å²) in [6.45, 7) is 4.33. The molecule has 0 amide bonds. The van der Waals surface area contributed by atoms with E-state index < -0.39 is 0 Å². The van der Waals surface area contributed by atoms with Crippen LogP contribution < -0.4 is 0 Å². The van der Waals surface area contributed by atoms with Crippen molar-refractivity contribution in [1.82, 2.24) is 0 Å². The van der Waals surface area contributed by atoms with E-state index in [-0.39, 0.29) is 11.9 Å². The van der Waals surface area contributed by atoms with E-state index in [4.69, 9.17) is 4.74 Å². The van der Waals surface area contributed by atoms with Gasteiger partial charge in [-0.3, -0.25) is 4.79 Å². The summed E-state index contributed by atoms with van der Waals surface area (Å²) < 4.78 is 5.08. The highest BCUT2D eigenvalue weighted by Crippen LogP contribution is 2.45. The largest absolute Gasteiger partial charge is 0.469 e. The summed E-state index contributed by atoms with van der Waals surface area (Å²) in [6, 6.07) is 17.1. The van der Waals surface area contributed by atoms with E-state index in [1.165, 1.54) is 29.4 Å². The molecule has 1 saturated carbocycles. The molecule has 2 unspecified atom stereocenters. The van der Waals surface area contributed by atoms with E-state index in [0.29, 0.717) is 11.8 Å². The van der Waals surface area contributed by atoms with Crippen molar-refractivity contribution in [3.05, 3.63) is 70.8 Å². The Bertz CT molecular complexity index is 666. The summed E-state index contributed by atoms with van der Waals surface area (Å²) >= 11 is 0. The van der Waals surface area contributed by atoms with Gasteiger partial charge in [-0.2, -0.15) is 0 Å². The quantitative estimate of drug-likeness (QED) is 0.731. The predicted octanol–water partition coefficient (Wildman–Crippen LogP) is 5.14. The number of carbonyl (C=O) groups excluding carboxylic acids is 1. The molecule has 0 aliphatic heterocycles. The minimum absolute atomic E-state index is 0.0158. The van der Waals surface area contributed by atoms with E-state index in [1.54, 1.807) is 0 Å². The fourth-order valence-corrected chi connectivity index (χ4v) is 4.28. The Labute approximate surface area is 144 Å². The summed E-state index contributed by atoms with van der Waals surface area (Å²) in [5, 5.41) is 0. The van der Waals surface area contributed by atoms with Crippen LogP contribution in [0.4, 0.5) is 0 Å². The Morgan fingerprint density at radius 2 is 1.29 bits per heavy atom. The molecule has 0 saturated heterocycles. The van der Waals surface area contributed by atoms with Gasteiger partial charge in [0.05, 0.1) is 13.0 Å². The van der Waals surface area contributed by atoms with E-state index in [2.05, 4.69) is 62.4 Å². The van der Waals surface area contributed by atoms with Crippen molar-refractivity contribution >= 4 is 5.97 Å². The zero-order valence-corrected chi connectivity index (χ0v) is 14.8. The first-order valence-corrected chi connectivity index (χ1v) is 8.79. The number of methoxy groups -OCH3 is 1. The fourth-order valence-electron chi connectivity index (χ4n) is 4.28. The third kappa shape index (κ3) is 3.38. The van der Waals surface area contributed by atoms with Crippen molar-refractivity contribution in [2.24, 2.45) is 5.92 Å². The van der Waals surface area contributed by atoms with Crippen molar-refractivity contribution < 1.29 is 9.53 Å². The van der Waals surface area contributed by atoms with Crippen molar-refractivity contribution in [3.63, 3.8) is 0 Å². The van der Waals surface area contributed by atoms with Crippen LogP contribution in [0.2, 0.25) is 0 Å². The van der Waals surface area contributed by atoms with Gasteiger partial charge in [0, 0.05) is 0 Å². The first kappa shape index (κ1) is 16.8. The van der Waals surface area contributed by atoms with Gasteiger partial charge in [-0.15, -0.1) is 0 Å². The maximum Gasteiger partial charge on any atom is 0.308 e. The number of hydrogen-bond donors (Lipinski definition) is 0. The molecule has 0 spiro atoms. The molecular weight excluding hydrogens is 296 g/mol. The molecule has 2 nitrogen and oxygen atoms in total. The average Bonchev–Trinajstić information content (AvgIpc) is 2.61. The molecule has 1 fully saturated rings. The second kappa shape index (κ2) is 7.21. The molecule has 0 bridgehead atoms. The van der Waals surface area contributed by atoms with Crippen LogP contribution in [0, 0.1) is 19.8 Å². The number of aryl methyl sites for hydroxylation is 2. The van der Waals surface area contributed by atoms with Gasteiger partial charge >= 0.3 is 5.97 Å². The SMILES string of the molecule is COC(=O)C1CC(c2ccccc2C)CC(c2ccccc2C)C1. The number of carbonyl (C=O) groups is 1. The monoisotopic (exact) mass is 322 g/mol. The molecule has 2 aromatic carbocycles. The Balaban J connectivity index is 1.94. The summed E-state index contributed by atoms with van der Waals surface area (Å²) in [5.74, 6) is 0.743. The molecule has 1 aliphatic rings. The van der Waals surface area contributed by atoms with E-state index in [1.807, 2.05) is 0 Å². The first-order valence-electron chi connectivity index (χ1n) is 8.79.